The lowest BCUT2D eigenvalue weighted by atomic mass is 9.81. The number of nitrogens with two attached hydrogens (primary N) is 1. The van der Waals surface area contributed by atoms with Crippen LogP contribution in [0.5, 0.6) is 5.75 Å². The van der Waals surface area contributed by atoms with E-state index in [0.29, 0.717) is 12.5 Å². The Morgan fingerprint density at radius 3 is 2.45 bits per heavy atom. The van der Waals surface area contributed by atoms with Crippen molar-refractivity contribution in [3.05, 3.63) is 30.3 Å². The van der Waals surface area contributed by atoms with Gasteiger partial charge in [-0.1, -0.05) is 18.2 Å². The summed E-state index contributed by atoms with van der Waals surface area (Å²) < 4.78 is 11.8. The molecule has 0 aromatic heterocycles. The third-order valence-corrected chi connectivity index (χ3v) is 4.12. The number of para-hydroxylation sites is 1. The summed E-state index contributed by atoms with van der Waals surface area (Å²) in [6, 6.07) is 9.99. The summed E-state index contributed by atoms with van der Waals surface area (Å²) in [5.41, 5.74) is 6.15. The van der Waals surface area contributed by atoms with Crippen molar-refractivity contribution in [2.45, 2.75) is 57.8 Å². The van der Waals surface area contributed by atoms with Crippen molar-refractivity contribution in [3.63, 3.8) is 0 Å². The molecule has 1 heterocycles. The quantitative estimate of drug-likeness (QED) is 0.897. The zero-order valence-electron chi connectivity index (χ0n) is 13.1. The number of benzene rings is 1. The molecule has 0 amide bonds. The van der Waals surface area contributed by atoms with Crippen LogP contribution in [0.4, 0.5) is 0 Å². The second kappa shape index (κ2) is 5.74. The van der Waals surface area contributed by atoms with Crippen LogP contribution in [-0.2, 0) is 4.74 Å². The van der Waals surface area contributed by atoms with Gasteiger partial charge in [0.1, 0.15) is 5.75 Å². The second-order valence-corrected chi connectivity index (χ2v) is 6.89. The first-order chi connectivity index (χ1) is 9.30. The Hall–Kier alpha value is -1.06. The van der Waals surface area contributed by atoms with Crippen LogP contribution in [0, 0.1) is 5.92 Å². The molecule has 1 fully saturated rings. The van der Waals surface area contributed by atoms with E-state index in [1.165, 1.54) is 0 Å². The molecule has 2 unspecified atom stereocenters. The maximum Gasteiger partial charge on any atom is 0.119 e. The predicted octanol–water partition coefficient (Wildman–Crippen LogP) is 3.38. The van der Waals surface area contributed by atoms with Crippen LogP contribution < -0.4 is 10.5 Å². The molecule has 1 aliphatic rings. The Balaban J connectivity index is 1.84. The minimum atomic E-state index is -0.157. The lowest BCUT2D eigenvalue weighted by molar-refractivity contribution is -0.0769. The summed E-state index contributed by atoms with van der Waals surface area (Å²) >= 11 is 0. The smallest absolute Gasteiger partial charge is 0.119 e. The zero-order chi connectivity index (χ0) is 14.8. The molecule has 1 aromatic carbocycles. The zero-order valence-corrected chi connectivity index (χ0v) is 13.1. The standard InChI is InChI=1S/C17H27NO2/c1-16(2)12-14(17(3,4)20-16)15(18)10-11-19-13-8-6-5-7-9-13/h5-9,14-15H,10-12,18H2,1-4H3. The molecule has 0 aliphatic carbocycles. The molecule has 0 bridgehead atoms. The van der Waals surface area contributed by atoms with E-state index in [2.05, 4.69) is 27.7 Å². The lowest BCUT2D eigenvalue weighted by Gasteiger charge is -2.31. The van der Waals surface area contributed by atoms with Gasteiger partial charge in [-0.25, -0.2) is 0 Å². The van der Waals surface area contributed by atoms with Crippen LogP contribution in [0.2, 0.25) is 0 Å². The first-order valence-electron chi connectivity index (χ1n) is 7.44. The summed E-state index contributed by atoms with van der Waals surface area (Å²) in [4.78, 5) is 0. The average molecular weight is 277 g/mol. The molecule has 1 aliphatic heterocycles. The van der Waals surface area contributed by atoms with Gasteiger partial charge >= 0.3 is 0 Å². The van der Waals surface area contributed by atoms with E-state index in [0.717, 1.165) is 18.6 Å². The fourth-order valence-electron chi connectivity index (χ4n) is 3.30. The van der Waals surface area contributed by atoms with Gasteiger partial charge in [0.2, 0.25) is 0 Å². The molecule has 2 N–H and O–H groups in total. The fraction of sp³-hybridized carbons (Fsp3) is 0.647. The van der Waals surface area contributed by atoms with Gasteiger partial charge in [0.05, 0.1) is 17.8 Å². The number of rotatable bonds is 5. The SMILES string of the molecule is CC1(C)CC(C(N)CCOc2ccccc2)C(C)(C)O1. The molecular formula is C17H27NO2. The molecule has 20 heavy (non-hydrogen) atoms. The van der Waals surface area contributed by atoms with Gasteiger partial charge in [-0.05, 0) is 52.7 Å². The summed E-state index contributed by atoms with van der Waals surface area (Å²) in [6.07, 6.45) is 1.86. The Bertz CT molecular complexity index is 428. The summed E-state index contributed by atoms with van der Waals surface area (Å²) in [7, 11) is 0. The number of hydrogen-bond donors (Lipinski definition) is 1. The Kier molecular flexibility index (Phi) is 4.40. The highest BCUT2D eigenvalue weighted by Gasteiger charge is 2.47. The van der Waals surface area contributed by atoms with Crippen molar-refractivity contribution in [2.75, 3.05) is 6.61 Å². The second-order valence-electron chi connectivity index (χ2n) is 6.89. The number of ether oxygens (including phenoxy) is 2. The third kappa shape index (κ3) is 3.74. The normalized spacial score (nSPS) is 25.4. The fourth-order valence-corrected chi connectivity index (χ4v) is 3.30. The summed E-state index contributed by atoms with van der Waals surface area (Å²) in [6.45, 7) is 9.22. The van der Waals surface area contributed by atoms with Crippen molar-refractivity contribution >= 4 is 0 Å². The van der Waals surface area contributed by atoms with E-state index in [1.54, 1.807) is 0 Å². The van der Waals surface area contributed by atoms with Crippen molar-refractivity contribution in [2.24, 2.45) is 11.7 Å². The molecule has 3 nitrogen and oxygen atoms in total. The first kappa shape index (κ1) is 15.3. The molecule has 0 saturated carbocycles. The summed E-state index contributed by atoms with van der Waals surface area (Å²) in [5.74, 6) is 1.28. The van der Waals surface area contributed by atoms with E-state index >= 15 is 0 Å². The van der Waals surface area contributed by atoms with Crippen molar-refractivity contribution < 1.29 is 9.47 Å². The maximum absolute atomic E-state index is 6.38. The molecule has 1 aromatic rings. The highest BCUT2D eigenvalue weighted by Crippen LogP contribution is 2.43. The molecule has 2 atom stereocenters. The Morgan fingerprint density at radius 1 is 1.25 bits per heavy atom. The average Bonchev–Trinajstić information content (AvgIpc) is 2.58. The Morgan fingerprint density at radius 2 is 1.90 bits per heavy atom. The molecule has 0 radical (unpaired) electrons. The van der Waals surface area contributed by atoms with Gasteiger partial charge in [0.15, 0.2) is 0 Å². The monoisotopic (exact) mass is 277 g/mol. The van der Waals surface area contributed by atoms with E-state index in [-0.39, 0.29) is 17.2 Å². The van der Waals surface area contributed by atoms with Gasteiger partial charge < -0.3 is 15.2 Å². The molecule has 1 saturated heterocycles. The highest BCUT2D eigenvalue weighted by molar-refractivity contribution is 5.20. The van der Waals surface area contributed by atoms with Crippen LogP contribution >= 0.6 is 0 Å². The van der Waals surface area contributed by atoms with Crippen LogP contribution in [0.15, 0.2) is 30.3 Å². The molecule has 0 spiro atoms. The third-order valence-electron chi connectivity index (χ3n) is 4.12. The number of hydrogen-bond acceptors (Lipinski definition) is 3. The van der Waals surface area contributed by atoms with Crippen molar-refractivity contribution in [1.82, 2.24) is 0 Å². The highest BCUT2D eigenvalue weighted by atomic mass is 16.5. The van der Waals surface area contributed by atoms with E-state index in [1.807, 2.05) is 30.3 Å². The minimum Gasteiger partial charge on any atom is -0.494 e. The van der Waals surface area contributed by atoms with Gasteiger partial charge in [0.25, 0.3) is 0 Å². The van der Waals surface area contributed by atoms with Crippen molar-refractivity contribution in [1.29, 1.82) is 0 Å². The van der Waals surface area contributed by atoms with Gasteiger partial charge in [0, 0.05) is 12.0 Å². The molecule has 3 heteroatoms. The Labute approximate surface area is 122 Å². The largest absolute Gasteiger partial charge is 0.494 e. The first-order valence-corrected chi connectivity index (χ1v) is 7.44. The van der Waals surface area contributed by atoms with E-state index in [4.69, 9.17) is 15.2 Å². The van der Waals surface area contributed by atoms with Crippen LogP contribution in [0.1, 0.15) is 40.5 Å². The van der Waals surface area contributed by atoms with Gasteiger partial charge in [-0.3, -0.25) is 0 Å². The van der Waals surface area contributed by atoms with Crippen LogP contribution in [0.25, 0.3) is 0 Å². The minimum absolute atomic E-state index is 0.0773. The van der Waals surface area contributed by atoms with Crippen molar-refractivity contribution in [3.8, 4) is 5.75 Å². The predicted molar refractivity (Wildman–Crippen MR) is 81.9 cm³/mol. The van der Waals surface area contributed by atoms with Gasteiger partial charge in [-0.15, -0.1) is 0 Å². The van der Waals surface area contributed by atoms with Crippen LogP contribution in [0.3, 0.4) is 0 Å². The molecule has 2 rings (SSSR count). The molecule has 112 valence electrons. The lowest BCUT2D eigenvalue weighted by Crippen LogP contribution is -2.41. The van der Waals surface area contributed by atoms with Gasteiger partial charge in [-0.2, -0.15) is 0 Å². The maximum atomic E-state index is 6.38. The van der Waals surface area contributed by atoms with Crippen LogP contribution in [-0.4, -0.2) is 23.9 Å². The topological polar surface area (TPSA) is 44.5 Å². The summed E-state index contributed by atoms with van der Waals surface area (Å²) in [5, 5.41) is 0. The molecular weight excluding hydrogens is 250 g/mol. The van der Waals surface area contributed by atoms with E-state index in [9.17, 15) is 0 Å². The van der Waals surface area contributed by atoms with E-state index < -0.39 is 0 Å².